The molecule has 0 bridgehead atoms. The van der Waals surface area contributed by atoms with Gasteiger partial charge in [0.15, 0.2) is 0 Å². The van der Waals surface area contributed by atoms with E-state index < -0.39 is 0 Å². The van der Waals surface area contributed by atoms with Gasteiger partial charge in [0.25, 0.3) is 0 Å². The topological polar surface area (TPSA) is 71.5 Å². The van der Waals surface area contributed by atoms with Crippen LogP contribution in [0.15, 0.2) is 41.7 Å². The quantitative estimate of drug-likeness (QED) is 0.287. The summed E-state index contributed by atoms with van der Waals surface area (Å²) in [5, 5.41) is 2.04. The molecule has 3 aromatic heterocycles. The molecule has 1 aliphatic heterocycles. The second kappa shape index (κ2) is 9.72. The second-order valence-corrected chi connectivity index (χ2v) is 10.9. The highest BCUT2D eigenvalue weighted by Crippen LogP contribution is 2.43. The largest absolute Gasteiger partial charge is 0.378 e. The van der Waals surface area contributed by atoms with Crippen molar-refractivity contribution in [2.75, 3.05) is 48.9 Å². The Morgan fingerprint density at radius 3 is 2.69 bits per heavy atom. The Morgan fingerprint density at radius 1 is 1.11 bits per heavy atom. The molecule has 35 heavy (non-hydrogen) atoms. The smallest absolute Gasteiger partial charge is 0.237 e. The third kappa shape index (κ3) is 4.26. The van der Waals surface area contributed by atoms with Crippen LogP contribution in [0.5, 0.6) is 0 Å². The number of thiophene rings is 1. The minimum Gasteiger partial charge on any atom is -0.378 e. The van der Waals surface area contributed by atoms with Crippen molar-refractivity contribution in [3.05, 3.63) is 47.8 Å². The minimum atomic E-state index is 0.0409. The number of carbonyl (C=O) groups is 1. The summed E-state index contributed by atoms with van der Waals surface area (Å²) in [5.74, 6) is 1.49. The van der Waals surface area contributed by atoms with Gasteiger partial charge in [0.2, 0.25) is 5.91 Å². The van der Waals surface area contributed by atoms with Crippen LogP contribution < -0.4 is 9.80 Å². The number of aromatic nitrogens is 3. The first-order valence-electron chi connectivity index (χ1n) is 12.1. The fraction of sp³-hybridized carbons (Fsp3) is 0.385. The van der Waals surface area contributed by atoms with Crippen molar-refractivity contribution in [2.24, 2.45) is 0 Å². The lowest BCUT2D eigenvalue weighted by atomic mass is 9.90. The van der Waals surface area contributed by atoms with Crippen molar-refractivity contribution in [3.63, 3.8) is 0 Å². The van der Waals surface area contributed by atoms with Crippen LogP contribution in [0, 0.1) is 0 Å². The summed E-state index contributed by atoms with van der Waals surface area (Å²) >= 11 is 3.14. The number of para-hydroxylation sites is 1. The number of thioether (sulfide) groups is 1. The zero-order valence-corrected chi connectivity index (χ0v) is 21.3. The first-order chi connectivity index (χ1) is 17.2. The molecule has 7 nitrogen and oxygen atoms in total. The van der Waals surface area contributed by atoms with E-state index in [4.69, 9.17) is 14.7 Å². The van der Waals surface area contributed by atoms with E-state index in [-0.39, 0.29) is 5.91 Å². The average Bonchev–Trinajstić information content (AvgIpc) is 3.31. The Kier molecular flexibility index (Phi) is 6.30. The molecule has 0 atom stereocenters. The van der Waals surface area contributed by atoms with Gasteiger partial charge in [-0.05, 0) is 48.9 Å². The number of aryl methyl sites for hydroxylation is 1. The molecule has 9 heteroatoms. The van der Waals surface area contributed by atoms with Crippen LogP contribution in [-0.2, 0) is 22.4 Å². The normalized spacial score (nSPS) is 16.0. The van der Waals surface area contributed by atoms with E-state index in [1.54, 1.807) is 22.6 Å². The minimum absolute atomic E-state index is 0.0409. The van der Waals surface area contributed by atoms with Crippen molar-refractivity contribution in [1.29, 1.82) is 0 Å². The zero-order chi connectivity index (χ0) is 23.8. The van der Waals surface area contributed by atoms with Crippen LogP contribution >= 0.6 is 23.1 Å². The van der Waals surface area contributed by atoms with Crippen LogP contribution in [0.2, 0.25) is 0 Å². The summed E-state index contributed by atoms with van der Waals surface area (Å²) < 4.78 is 6.62. The molecule has 0 N–H and O–H groups in total. The van der Waals surface area contributed by atoms with Crippen LogP contribution in [0.3, 0.4) is 0 Å². The van der Waals surface area contributed by atoms with Crippen LogP contribution in [-0.4, -0.2) is 60.0 Å². The molecule has 2 aliphatic rings. The molecule has 0 radical (unpaired) electrons. The molecule has 0 spiro atoms. The van der Waals surface area contributed by atoms with Crippen LogP contribution in [0.25, 0.3) is 20.4 Å². The number of pyridine rings is 1. The molecule has 1 aromatic carbocycles. The van der Waals surface area contributed by atoms with Gasteiger partial charge >= 0.3 is 0 Å². The monoisotopic (exact) mass is 505 g/mol. The highest BCUT2D eigenvalue weighted by atomic mass is 32.2. The van der Waals surface area contributed by atoms with Gasteiger partial charge in [-0.15, -0.1) is 11.3 Å². The summed E-state index contributed by atoms with van der Waals surface area (Å²) in [7, 11) is 1.82. The summed E-state index contributed by atoms with van der Waals surface area (Å²) in [6.07, 6.45) is 6.15. The first kappa shape index (κ1) is 22.7. The lowest BCUT2D eigenvalue weighted by molar-refractivity contribution is -0.115. The number of ether oxygens (including phenoxy) is 1. The van der Waals surface area contributed by atoms with Crippen LogP contribution in [0.1, 0.15) is 24.0 Å². The van der Waals surface area contributed by atoms with Gasteiger partial charge in [0, 0.05) is 31.2 Å². The second-order valence-electron chi connectivity index (χ2n) is 8.91. The standard InChI is InChI=1S/C26H27N5O2S2/c1-30(17-7-3-2-4-8-17)20(32)15-34-26-23-22(27-16-28-26)21-18-9-5-6-10-19(18)24(29-25(21)35-23)31-11-13-33-14-12-31/h2-4,7-8,16H,5-6,9-15H2,1H3. The number of nitrogens with zero attached hydrogens (tertiary/aromatic N) is 5. The van der Waals surface area contributed by atoms with E-state index in [0.717, 1.165) is 70.7 Å². The van der Waals surface area contributed by atoms with Crippen molar-refractivity contribution in [3.8, 4) is 0 Å². The molecule has 4 aromatic rings. The first-order valence-corrected chi connectivity index (χ1v) is 13.9. The number of amides is 1. The molecule has 6 rings (SSSR count). The number of morpholine rings is 1. The number of fused-ring (bicyclic) bond motifs is 5. The van der Waals surface area contributed by atoms with Crippen molar-refractivity contribution in [1.82, 2.24) is 15.0 Å². The van der Waals surface area contributed by atoms with E-state index in [1.165, 1.54) is 41.1 Å². The average molecular weight is 506 g/mol. The number of anilines is 2. The molecule has 1 fully saturated rings. The maximum Gasteiger partial charge on any atom is 0.237 e. The number of rotatable bonds is 5. The van der Waals surface area contributed by atoms with E-state index >= 15 is 0 Å². The summed E-state index contributed by atoms with van der Waals surface area (Å²) in [4.78, 5) is 32.4. The van der Waals surface area contributed by atoms with Gasteiger partial charge in [0.1, 0.15) is 22.0 Å². The van der Waals surface area contributed by atoms with E-state index in [0.29, 0.717) is 5.75 Å². The third-order valence-electron chi connectivity index (χ3n) is 6.83. The maximum absolute atomic E-state index is 12.9. The molecule has 0 saturated carbocycles. The SMILES string of the molecule is CN(C(=O)CSc1ncnc2c1sc1nc(N3CCOCC3)c3c(c12)CCCC3)c1ccccc1. The van der Waals surface area contributed by atoms with Gasteiger partial charge in [-0.1, -0.05) is 30.0 Å². The Labute approximate surface area is 212 Å². The number of hydrogen-bond acceptors (Lipinski definition) is 8. The Hall–Kier alpha value is -2.75. The lowest BCUT2D eigenvalue weighted by Gasteiger charge is -2.31. The van der Waals surface area contributed by atoms with E-state index in [2.05, 4.69) is 9.88 Å². The zero-order valence-electron chi connectivity index (χ0n) is 19.7. The summed E-state index contributed by atoms with van der Waals surface area (Å²) in [6, 6.07) is 9.72. The molecule has 1 amide bonds. The predicted octanol–water partition coefficient (Wildman–Crippen LogP) is 4.71. The summed E-state index contributed by atoms with van der Waals surface area (Å²) in [5.41, 5.74) is 4.66. The van der Waals surface area contributed by atoms with Crippen molar-refractivity contribution < 1.29 is 9.53 Å². The van der Waals surface area contributed by atoms with Crippen molar-refractivity contribution >= 4 is 60.9 Å². The molecule has 1 aliphatic carbocycles. The Bertz CT molecular complexity index is 1390. The van der Waals surface area contributed by atoms with Crippen LogP contribution in [0.4, 0.5) is 11.5 Å². The van der Waals surface area contributed by atoms with Gasteiger partial charge in [-0.25, -0.2) is 15.0 Å². The predicted molar refractivity (Wildman–Crippen MR) is 143 cm³/mol. The fourth-order valence-corrected chi connectivity index (χ4v) is 7.12. The van der Waals surface area contributed by atoms with E-state index in [9.17, 15) is 4.79 Å². The molecule has 1 saturated heterocycles. The van der Waals surface area contributed by atoms with Crippen molar-refractivity contribution in [2.45, 2.75) is 30.7 Å². The Balaban J connectivity index is 1.36. The summed E-state index contributed by atoms with van der Waals surface area (Å²) in [6.45, 7) is 3.26. The van der Waals surface area contributed by atoms with Gasteiger partial charge < -0.3 is 14.5 Å². The molecular weight excluding hydrogens is 478 g/mol. The Morgan fingerprint density at radius 2 is 1.89 bits per heavy atom. The van der Waals surface area contributed by atoms with E-state index in [1.807, 2.05) is 37.4 Å². The van der Waals surface area contributed by atoms with Gasteiger partial charge in [0.05, 0.1) is 29.2 Å². The third-order valence-corrected chi connectivity index (χ3v) is 9.01. The van der Waals surface area contributed by atoms with Gasteiger partial charge in [-0.3, -0.25) is 4.79 Å². The molecule has 180 valence electrons. The highest BCUT2D eigenvalue weighted by Gasteiger charge is 2.26. The maximum atomic E-state index is 12.9. The molecule has 0 unspecified atom stereocenters. The lowest BCUT2D eigenvalue weighted by Crippen LogP contribution is -2.37. The highest BCUT2D eigenvalue weighted by molar-refractivity contribution is 8.00. The molecule has 4 heterocycles. The van der Waals surface area contributed by atoms with Gasteiger partial charge in [-0.2, -0.15) is 0 Å². The molecular formula is C26H27N5O2S2. The number of hydrogen-bond donors (Lipinski definition) is 0. The number of benzene rings is 1. The fourth-order valence-electron chi connectivity index (χ4n) is 4.98. The number of carbonyl (C=O) groups excluding carboxylic acids is 1.